The highest BCUT2D eigenvalue weighted by Crippen LogP contribution is 2.24. The van der Waals surface area contributed by atoms with E-state index in [1.807, 2.05) is 18.2 Å². The number of rotatable bonds is 8. The predicted molar refractivity (Wildman–Crippen MR) is 83.4 cm³/mol. The number of methoxy groups -OCH3 is 2. The van der Waals surface area contributed by atoms with E-state index in [-0.39, 0.29) is 11.8 Å². The summed E-state index contributed by atoms with van der Waals surface area (Å²) in [6.07, 6.45) is 0.789. The van der Waals surface area contributed by atoms with Crippen LogP contribution >= 0.6 is 0 Å². The van der Waals surface area contributed by atoms with Crippen molar-refractivity contribution < 1.29 is 14.3 Å². The van der Waals surface area contributed by atoms with Crippen LogP contribution in [-0.4, -0.2) is 26.7 Å². The second-order valence-electron chi connectivity index (χ2n) is 5.46. The maximum absolute atomic E-state index is 12.2. The van der Waals surface area contributed by atoms with Crippen LogP contribution in [0.3, 0.4) is 0 Å². The lowest BCUT2D eigenvalue weighted by Gasteiger charge is -2.17. The molecule has 118 valence electrons. The van der Waals surface area contributed by atoms with Crippen LogP contribution in [0.4, 0.5) is 0 Å². The van der Waals surface area contributed by atoms with Crippen molar-refractivity contribution in [3.8, 4) is 11.5 Å². The molecule has 0 aromatic heterocycles. The summed E-state index contributed by atoms with van der Waals surface area (Å²) in [5.74, 6) is 1.73. The Morgan fingerprint density at radius 1 is 1.29 bits per heavy atom. The number of hydrogen-bond donors (Lipinski definition) is 2. The summed E-state index contributed by atoms with van der Waals surface area (Å²) in [6.45, 7) is 4.93. The summed E-state index contributed by atoms with van der Waals surface area (Å²) >= 11 is 0. The molecule has 0 aliphatic carbocycles. The zero-order valence-corrected chi connectivity index (χ0v) is 13.3. The number of carbonyl (C=O) groups is 1. The third-order valence-corrected chi connectivity index (χ3v) is 3.35. The van der Waals surface area contributed by atoms with Gasteiger partial charge in [0.05, 0.1) is 20.1 Å². The van der Waals surface area contributed by atoms with E-state index in [4.69, 9.17) is 15.2 Å². The highest BCUT2D eigenvalue weighted by atomic mass is 16.5. The molecule has 0 bridgehead atoms. The fourth-order valence-corrected chi connectivity index (χ4v) is 2.23. The molecule has 1 amide bonds. The molecule has 1 rings (SSSR count). The molecule has 21 heavy (non-hydrogen) atoms. The average molecular weight is 294 g/mol. The first-order chi connectivity index (χ1) is 10.0. The monoisotopic (exact) mass is 294 g/mol. The normalized spacial score (nSPS) is 12.1. The molecule has 1 aromatic carbocycles. The Kier molecular flexibility index (Phi) is 7.02. The topological polar surface area (TPSA) is 73.6 Å². The molecule has 1 aromatic rings. The minimum absolute atomic E-state index is 0.0175. The van der Waals surface area contributed by atoms with Gasteiger partial charge in [0, 0.05) is 18.7 Å². The Balaban J connectivity index is 2.71. The van der Waals surface area contributed by atoms with Gasteiger partial charge in [-0.15, -0.1) is 0 Å². The highest BCUT2D eigenvalue weighted by molar-refractivity contribution is 5.78. The van der Waals surface area contributed by atoms with Crippen molar-refractivity contribution in [1.29, 1.82) is 0 Å². The number of nitrogens with two attached hydrogens (primary N) is 1. The lowest BCUT2D eigenvalue weighted by molar-refractivity contribution is -0.125. The van der Waals surface area contributed by atoms with E-state index in [0.29, 0.717) is 19.0 Å². The van der Waals surface area contributed by atoms with Crippen molar-refractivity contribution in [2.75, 3.05) is 20.8 Å². The molecule has 1 atom stereocenters. The first kappa shape index (κ1) is 17.3. The van der Waals surface area contributed by atoms with Gasteiger partial charge in [-0.05, 0) is 30.5 Å². The van der Waals surface area contributed by atoms with Gasteiger partial charge in [-0.2, -0.15) is 0 Å². The maximum Gasteiger partial charge on any atom is 0.224 e. The number of nitrogens with one attached hydrogen (secondary N) is 1. The predicted octanol–water partition coefficient (Wildman–Crippen LogP) is 1.94. The quantitative estimate of drug-likeness (QED) is 0.768. The molecular formula is C16H26N2O3. The van der Waals surface area contributed by atoms with E-state index in [2.05, 4.69) is 19.2 Å². The fourth-order valence-electron chi connectivity index (χ4n) is 2.23. The van der Waals surface area contributed by atoms with E-state index >= 15 is 0 Å². The minimum atomic E-state index is -0.151. The van der Waals surface area contributed by atoms with Gasteiger partial charge in [-0.3, -0.25) is 4.79 Å². The Morgan fingerprint density at radius 3 is 2.52 bits per heavy atom. The SMILES string of the molecule is COc1ccc(OC)c(CNC(=O)C(CN)CC(C)C)c1. The molecule has 0 aliphatic heterocycles. The zero-order chi connectivity index (χ0) is 15.8. The van der Waals surface area contributed by atoms with E-state index in [0.717, 1.165) is 23.5 Å². The fraction of sp³-hybridized carbons (Fsp3) is 0.562. The highest BCUT2D eigenvalue weighted by Gasteiger charge is 2.18. The van der Waals surface area contributed by atoms with Gasteiger partial charge < -0.3 is 20.5 Å². The van der Waals surface area contributed by atoms with E-state index in [9.17, 15) is 4.79 Å². The van der Waals surface area contributed by atoms with E-state index in [1.54, 1.807) is 14.2 Å². The lowest BCUT2D eigenvalue weighted by Crippen LogP contribution is -2.35. The van der Waals surface area contributed by atoms with Crippen molar-refractivity contribution in [3.05, 3.63) is 23.8 Å². The molecule has 0 heterocycles. The Morgan fingerprint density at radius 2 is 2.00 bits per heavy atom. The van der Waals surface area contributed by atoms with Gasteiger partial charge in [-0.25, -0.2) is 0 Å². The molecule has 0 spiro atoms. The number of benzene rings is 1. The molecule has 1 unspecified atom stereocenters. The lowest BCUT2D eigenvalue weighted by atomic mass is 9.96. The molecule has 0 saturated carbocycles. The Labute approximate surface area is 126 Å². The van der Waals surface area contributed by atoms with Crippen molar-refractivity contribution in [3.63, 3.8) is 0 Å². The summed E-state index contributed by atoms with van der Waals surface area (Å²) < 4.78 is 10.5. The van der Waals surface area contributed by atoms with Crippen LogP contribution in [0, 0.1) is 11.8 Å². The molecular weight excluding hydrogens is 268 g/mol. The number of ether oxygens (including phenoxy) is 2. The maximum atomic E-state index is 12.2. The van der Waals surface area contributed by atoms with Crippen LogP contribution in [0.5, 0.6) is 11.5 Å². The molecule has 0 saturated heterocycles. The van der Waals surface area contributed by atoms with Crippen LogP contribution in [0.15, 0.2) is 18.2 Å². The van der Waals surface area contributed by atoms with E-state index < -0.39 is 0 Å². The van der Waals surface area contributed by atoms with Gasteiger partial charge >= 0.3 is 0 Å². The van der Waals surface area contributed by atoms with Crippen LogP contribution in [-0.2, 0) is 11.3 Å². The first-order valence-electron chi connectivity index (χ1n) is 7.20. The van der Waals surface area contributed by atoms with Crippen LogP contribution in [0.25, 0.3) is 0 Å². The van der Waals surface area contributed by atoms with Gasteiger partial charge in [-0.1, -0.05) is 13.8 Å². The smallest absolute Gasteiger partial charge is 0.224 e. The summed E-state index contributed by atoms with van der Waals surface area (Å²) in [5.41, 5.74) is 6.57. The van der Waals surface area contributed by atoms with Crippen LogP contribution in [0.1, 0.15) is 25.8 Å². The Hall–Kier alpha value is -1.75. The van der Waals surface area contributed by atoms with Gasteiger partial charge in [0.15, 0.2) is 0 Å². The second-order valence-corrected chi connectivity index (χ2v) is 5.46. The largest absolute Gasteiger partial charge is 0.497 e. The molecule has 3 N–H and O–H groups in total. The molecule has 0 aliphatic rings. The third kappa shape index (κ3) is 5.27. The summed E-state index contributed by atoms with van der Waals surface area (Å²) in [5, 5.41) is 2.93. The van der Waals surface area contributed by atoms with E-state index in [1.165, 1.54) is 0 Å². The standard InChI is InChI=1S/C16H26N2O3/c1-11(2)7-12(9-17)16(19)18-10-13-8-14(20-3)5-6-15(13)21-4/h5-6,8,11-12H,7,9-10,17H2,1-4H3,(H,18,19). The van der Waals surface area contributed by atoms with Crippen LogP contribution in [0.2, 0.25) is 0 Å². The number of amides is 1. The van der Waals surface area contributed by atoms with Gasteiger partial charge in [0.1, 0.15) is 11.5 Å². The van der Waals surface area contributed by atoms with Crippen molar-refractivity contribution in [2.45, 2.75) is 26.8 Å². The first-order valence-corrected chi connectivity index (χ1v) is 7.20. The Bertz CT molecular complexity index is 461. The molecule has 0 radical (unpaired) electrons. The summed E-state index contributed by atoms with van der Waals surface area (Å²) in [6, 6.07) is 5.51. The molecule has 0 fully saturated rings. The number of hydrogen-bond acceptors (Lipinski definition) is 4. The molecule has 5 nitrogen and oxygen atoms in total. The second kappa shape index (κ2) is 8.52. The van der Waals surface area contributed by atoms with Crippen molar-refractivity contribution >= 4 is 5.91 Å². The summed E-state index contributed by atoms with van der Waals surface area (Å²) in [7, 11) is 3.21. The van der Waals surface area contributed by atoms with Gasteiger partial charge in [0.25, 0.3) is 0 Å². The molecule has 5 heteroatoms. The van der Waals surface area contributed by atoms with Crippen LogP contribution < -0.4 is 20.5 Å². The number of carbonyl (C=O) groups excluding carboxylic acids is 1. The van der Waals surface area contributed by atoms with Gasteiger partial charge in [0.2, 0.25) is 5.91 Å². The third-order valence-electron chi connectivity index (χ3n) is 3.35. The zero-order valence-electron chi connectivity index (χ0n) is 13.3. The van der Waals surface area contributed by atoms with Crippen molar-refractivity contribution in [1.82, 2.24) is 5.32 Å². The minimum Gasteiger partial charge on any atom is -0.497 e. The van der Waals surface area contributed by atoms with Crippen molar-refractivity contribution in [2.24, 2.45) is 17.6 Å². The summed E-state index contributed by atoms with van der Waals surface area (Å²) in [4.78, 5) is 12.2. The average Bonchev–Trinajstić information content (AvgIpc) is 2.49.